The van der Waals surface area contributed by atoms with E-state index in [2.05, 4.69) is 15.2 Å². The number of benzene rings is 1. The molecule has 3 rings (SSSR count). The molecule has 0 aliphatic rings. The molecule has 1 amide bonds. The van der Waals surface area contributed by atoms with Gasteiger partial charge in [-0.3, -0.25) is 9.36 Å². The summed E-state index contributed by atoms with van der Waals surface area (Å²) in [4.78, 5) is 26.0. The Morgan fingerprint density at radius 2 is 2.06 bits per heavy atom. The lowest BCUT2D eigenvalue weighted by Gasteiger charge is -2.10. The monoisotopic (exact) mass is 502 g/mol. The van der Waals surface area contributed by atoms with Crippen LogP contribution in [0.2, 0.25) is 5.02 Å². The summed E-state index contributed by atoms with van der Waals surface area (Å²) < 4.78 is 43.6. The van der Waals surface area contributed by atoms with Gasteiger partial charge in [0.25, 0.3) is 0 Å². The predicted molar refractivity (Wildman–Crippen MR) is 119 cm³/mol. The zero-order valence-electron chi connectivity index (χ0n) is 18.1. The fourth-order valence-corrected chi connectivity index (χ4v) is 4.34. The summed E-state index contributed by atoms with van der Waals surface area (Å²) in [5.41, 5.74) is 0.824. The van der Waals surface area contributed by atoms with Crippen molar-refractivity contribution in [3.8, 4) is 16.5 Å². The summed E-state index contributed by atoms with van der Waals surface area (Å²) in [6.45, 7) is 5.77. The number of halogens is 4. The van der Waals surface area contributed by atoms with Crippen molar-refractivity contribution in [2.24, 2.45) is 5.92 Å². The van der Waals surface area contributed by atoms with Gasteiger partial charge in [-0.05, 0) is 41.5 Å². The number of nitrogens with zero attached hydrogens (tertiary/aromatic N) is 3. The highest BCUT2D eigenvalue weighted by Gasteiger charge is 2.31. The van der Waals surface area contributed by atoms with Gasteiger partial charge < -0.3 is 10.1 Å². The molecule has 33 heavy (non-hydrogen) atoms. The van der Waals surface area contributed by atoms with Gasteiger partial charge in [0.1, 0.15) is 12.3 Å². The van der Waals surface area contributed by atoms with Crippen molar-refractivity contribution in [2.75, 3.05) is 0 Å². The number of hydrogen-bond acceptors (Lipinski definition) is 5. The molecule has 1 aromatic carbocycles. The second kappa shape index (κ2) is 10.0. The van der Waals surface area contributed by atoms with E-state index in [-0.39, 0.29) is 24.8 Å². The van der Waals surface area contributed by atoms with Crippen LogP contribution in [-0.4, -0.2) is 26.6 Å². The van der Waals surface area contributed by atoms with Crippen molar-refractivity contribution in [3.63, 3.8) is 0 Å². The quantitative estimate of drug-likeness (QED) is 0.488. The maximum absolute atomic E-state index is 12.9. The van der Waals surface area contributed by atoms with Crippen LogP contribution in [0.1, 0.15) is 25.0 Å². The number of alkyl halides is 3. The highest BCUT2D eigenvalue weighted by atomic mass is 35.5. The van der Waals surface area contributed by atoms with Crippen LogP contribution >= 0.6 is 22.9 Å². The van der Waals surface area contributed by atoms with Crippen molar-refractivity contribution < 1.29 is 22.7 Å². The lowest BCUT2D eigenvalue weighted by atomic mass is 10.2. The van der Waals surface area contributed by atoms with Crippen LogP contribution in [0.15, 0.2) is 34.4 Å². The molecule has 178 valence electrons. The molecule has 0 saturated carbocycles. The molecule has 0 atom stereocenters. The van der Waals surface area contributed by atoms with Gasteiger partial charge in [-0.2, -0.15) is 0 Å². The predicted octanol–water partition coefficient (Wildman–Crippen LogP) is 4.61. The number of hydrogen-bond donors (Lipinski definition) is 1. The van der Waals surface area contributed by atoms with Gasteiger partial charge in [-0.1, -0.05) is 37.6 Å². The molecule has 0 aliphatic heterocycles. The van der Waals surface area contributed by atoms with E-state index in [4.69, 9.17) is 11.6 Å². The molecule has 0 aliphatic carbocycles. The van der Waals surface area contributed by atoms with Crippen LogP contribution in [0.3, 0.4) is 0 Å². The SMILES string of the molecule is Cc1csc(-c2nn(CC(=O)NCc3cccc(OC(F)(F)F)c3)c(=O)n2CC(C)C)c1Cl. The highest BCUT2D eigenvalue weighted by molar-refractivity contribution is 7.14. The molecule has 3 aromatic rings. The summed E-state index contributed by atoms with van der Waals surface area (Å²) in [5, 5.41) is 9.30. The number of carbonyl (C=O) groups is 1. The van der Waals surface area contributed by atoms with Gasteiger partial charge in [-0.15, -0.1) is 29.6 Å². The molecule has 0 radical (unpaired) electrons. The molecule has 0 unspecified atom stereocenters. The Bertz CT molecular complexity index is 1200. The molecule has 0 saturated heterocycles. The Labute approximate surface area is 196 Å². The van der Waals surface area contributed by atoms with Gasteiger partial charge in [0.2, 0.25) is 5.91 Å². The average molecular weight is 503 g/mol. The average Bonchev–Trinajstić information content (AvgIpc) is 3.19. The summed E-state index contributed by atoms with van der Waals surface area (Å²) in [7, 11) is 0. The van der Waals surface area contributed by atoms with E-state index in [0.717, 1.165) is 10.2 Å². The summed E-state index contributed by atoms with van der Waals surface area (Å²) >= 11 is 7.74. The minimum atomic E-state index is -4.81. The van der Waals surface area contributed by atoms with Crippen molar-refractivity contribution in [2.45, 2.75) is 46.8 Å². The van der Waals surface area contributed by atoms with E-state index in [1.54, 1.807) is 6.07 Å². The number of carbonyl (C=O) groups excluding carboxylic acids is 1. The van der Waals surface area contributed by atoms with Crippen LogP contribution in [0.4, 0.5) is 13.2 Å². The number of aromatic nitrogens is 3. The van der Waals surface area contributed by atoms with Crippen LogP contribution in [0, 0.1) is 12.8 Å². The van der Waals surface area contributed by atoms with E-state index in [9.17, 15) is 22.8 Å². The first-order valence-electron chi connectivity index (χ1n) is 9.97. The number of aryl methyl sites for hydroxylation is 1. The van der Waals surface area contributed by atoms with Crippen LogP contribution < -0.4 is 15.7 Å². The van der Waals surface area contributed by atoms with Gasteiger partial charge >= 0.3 is 12.1 Å². The second-order valence-corrected chi connectivity index (χ2v) is 9.06. The topological polar surface area (TPSA) is 78.2 Å². The van der Waals surface area contributed by atoms with Crippen molar-refractivity contribution >= 4 is 28.8 Å². The van der Waals surface area contributed by atoms with E-state index in [1.165, 1.54) is 34.1 Å². The lowest BCUT2D eigenvalue weighted by Crippen LogP contribution is -2.34. The third-order valence-electron chi connectivity index (χ3n) is 4.49. The molecule has 7 nitrogen and oxygen atoms in total. The number of thiophene rings is 1. The first-order chi connectivity index (χ1) is 15.4. The zero-order valence-corrected chi connectivity index (χ0v) is 19.6. The maximum atomic E-state index is 12.9. The molecule has 12 heteroatoms. The molecule has 2 heterocycles. The Morgan fingerprint density at radius 1 is 1.33 bits per heavy atom. The zero-order chi connectivity index (χ0) is 24.3. The smallest absolute Gasteiger partial charge is 0.406 e. The van der Waals surface area contributed by atoms with Gasteiger partial charge in [0, 0.05) is 13.1 Å². The molecule has 0 bridgehead atoms. The molecule has 1 N–H and O–H groups in total. The molecular weight excluding hydrogens is 481 g/mol. The summed E-state index contributed by atoms with van der Waals surface area (Å²) in [6, 6.07) is 5.28. The Hall–Kier alpha value is -2.79. The summed E-state index contributed by atoms with van der Waals surface area (Å²) in [6.07, 6.45) is -4.81. The molecule has 0 spiro atoms. The van der Waals surface area contributed by atoms with Crippen molar-refractivity contribution in [1.82, 2.24) is 19.7 Å². The third kappa shape index (κ3) is 6.38. The van der Waals surface area contributed by atoms with Crippen LogP contribution in [0.5, 0.6) is 5.75 Å². The second-order valence-electron chi connectivity index (χ2n) is 7.80. The number of amides is 1. The Morgan fingerprint density at radius 3 is 2.67 bits per heavy atom. The van der Waals surface area contributed by atoms with Crippen LogP contribution in [0.25, 0.3) is 10.7 Å². The first kappa shape index (κ1) is 24.8. The minimum Gasteiger partial charge on any atom is -0.406 e. The largest absolute Gasteiger partial charge is 0.573 e. The third-order valence-corrected chi connectivity index (χ3v) is 6.18. The van der Waals surface area contributed by atoms with Gasteiger partial charge in [-0.25, -0.2) is 9.48 Å². The summed E-state index contributed by atoms with van der Waals surface area (Å²) in [5.74, 6) is -0.361. The van der Waals surface area contributed by atoms with E-state index < -0.39 is 18.0 Å². The molecular formula is C21H22ClF3N4O3S. The van der Waals surface area contributed by atoms with Crippen molar-refractivity contribution in [3.05, 3.63) is 56.3 Å². The van der Waals surface area contributed by atoms with Gasteiger partial charge in [0.15, 0.2) is 5.82 Å². The normalized spacial score (nSPS) is 11.8. The highest BCUT2D eigenvalue weighted by Crippen LogP contribution is 2.35. The van der Waals surface area contributed by atoms with E-state index >= 15 is 0 Å². The number of ether oxygens (including phenoxy) is 1. The molecule has 2 aromatic heterocycles. The first-order valence-corrected chi connectivity index (χ1v) is 11.2. The molecule has 0 fully saturated rings. The standard InChI is InChI=1S/C21H22ClF3N4O3S/c1-12(2)9-28-19(18-17(22)13(3)11-33-18)27-29(20(28)31)10-16(30)26-8-14-5-4-6-15(7-14)32-21(23,24)25/h4-7,11-12H,8-10H2,1-3H3,(H,26,30). The fraction of sp³-hybridized carbons (Fsp3) is 0.381. The van der Waals surface area contributed by atoms with Crippen LogP contribution in [-0.2, 0) is 24.4 Å². The lowest BCUT2D eigenvalue weighted by molar-refractivity contribution is -0.274. The van der Waals surface area contributed by atoms with E-state index in [1.807, 2.05) is 26.2 Å². The minimum absolute atomic E-state index is 0.0435. The Balaban J connectivity index is 1.75. The number of nitrogens with one attached hydrogen (secondary N) is 1. The van der Waals surface area contributed by atoms with E-state index in [0.29, 0.717) is 27.8 Å². The van der Waals surface area contributed by atoms with Crippen molar-refractivity contribution in [1.29, 1.82) is 0 Å². The Kier molecular flexibility index (Phi) is 7.53. The van der Waals surface area contributed by atoms with Gasteiger partial charge in [0.05, 0.1) is 9.90 Å². The number of rotatable bonds is 8. The fourth-order valence-electron chi connectivity index (χ4n) is 3.07. The maximum Gasteiger partial charge on any atom is 0.573 e.